The van der Waals surface area contributed by atoms with Gasteiger partial charge in [0.05, 0.1) is 16.4 Å². The molecule has 0 N–H and O–H groups in total. The van der Waals surface area contributed by atoms with E-state index in [4.69, 9.17) is 0 Å². The van der Waals surface area contributed by atoms with Crippen molar-refractivity contribution >= 4 is 25.8 Å². The van der Waals surface area contributed by atoms with Gasteiger partial charge in [0.15, 0.2) is 9.84 Å². The van der Waals surface area contributed by atoms with Crippen molar-refractivity contribution in [1.82, 2.24) is 14.1 Å². The van der Waals surface area contributed by atoms with Gasteiger partial charge in [-0.3, -0.25) is 9.69 Å². The molecule has 0 bridgehead atoms. The van der Waals surface area contributed by atoms with Crippen LogP contribution in [0.5, 0.6) is 0 Å². The van der Waals surface area contributed by atoms with Crippen LogP contribution in [0.4, 0.5) is 0 Å². The van der Waals surface area contributed by atoms with Crippen molar-refractivity contribution < 1.29 is 21.6 Å². The van der Waals surface area contributed by atoms with Gasteiger partial charge in [-0.1, -0.05) is 43.3 Å². The monoisotopic (exact) mass is 519 g/mol. The molecule has 2 aliphatic rings. The molecule has 4 rings (SSSR count). The number of hydrogen-bond donors (Lipinski definition) is 0. The van der Waals surface area contributed by atoms with Crippen molar-refractivity contribution in [3.63, 3.8) is 0 Å². The molecule has 2 aromatic carbocycles. The third kappa shape index (κ3) is 6.11. The summed E-state index contributed by atoms with van der Waals surface area (Å²) < 4.78 is 52.1. The van der Waals surface area contributed by atoms with Gasteiger partial charge in [-0.25, -0.2) is 16.8 Å². The molecule has 2 aromatic rings. The maximum Gasteiger partial charge on any atom is 0.254 e. The largest absolute Gasteiger partial charge is 0.335 e. The van der Waals surface area contributed by atoms with Gasteiger partial charge in [-0.15, -0.1) is 0 Å². The lowest BCUT2D eigenvalue weighted by atomic mass is 10.1. The second-order valence-electron chi connectivity index (χ2n) is 9.25. The molecular weight excluding hydrogens is 486 g/mol. The molecule has 8 nitrogen and oxygen atoms in total. The van der Waals surface area contributed by atoms with Crippen LogP contribution in [-0.4, -0.2) is 87.1 Å². The standard InChI is InChI=1S/C25H33N3O5S2/c1-2-12-28(23-11-17-34(30,31)20-23)25(29)22-9-6-10-24(18-22)35(32,33)27-15-13-26(14-16-27)19-21-7-4-3-5-8-21/h3-10,18,23H,2,11-17,19-20H2,1H3/t23-/m0/s1. The van der Waals surface area contributed by atoms with E-state index in [0.29, 0.717) is 45.6 Å². The average Bonchev–Trinajstić information content (AvgIpc) is 3.22. The lowest BCUT2D eigenvalue weighted by Crippen LogP contribution is -2.48. The number of carbonyl (C=O) groups excluding carboxylic acids is 1. The summed E-state index contributed by atoms with van der Waals surface area (Å²) in [6, 6.07) is 15.9. The first-order valence-corrected chi connectivity index (χ1v) is 15.3. The maximum absolute atomic E-state index is 13.4. The zero-order chi connectivity index (χ0) is 25.1. The third-order valence-electron chi connectivity index (χ3n) is 6.67. The molecule has 2 fully saturated rings. The summed E-state index contributed by atoms with van der Waals surface area (Å²) in [6.07, 6.45) is 1.10. The molecule has 2 aliphatic heterocycles. The van der Waals surface area contributed by atoms with Crippen molar-refractivity contribution in [2.75, 3.05) is 44.2 Å². The SMILES string of the molecule is CCCN(C(=O)c1cccc(S(=O)(=O)N2CCN(Cc3ccccc3)CC2)c1)[C@H]1CCS(=O)(=O)C1. The van der Waals surface area contributed by atoms with Gasteiger partial charge in [-0.2, -0.15) is 4.31 Å². The van der Waals surface area contributed by atoms with E-state index < -0.39 is 19.9 Å². The van der Waals surface area contributed by atoms with Crippen LogP contribution in [0.15, 0.2) is 59.5 Å². The van der Waals surface area contributed by atoms with E-state index in [-0.39, 0.29) is 33.9 Å². The van der Waals surface area contributed by atoms with Gasteiger partial charge in [-0.05, 0) is 36.6 Å². The molecule has 190 valence electrons. The Morgan fingerprint density at radius 2 is 1.74 bits per heavy atom. The fraction of sp³-hybridized carbons (Fsp3) is 0.480. The normalized spacial score (nSPS) is 21.1. The molecule has 1 amide bonds. The number of hydrogen-bond acceptors (Lipinski definition) is 6. The molecule has 0 unspecified atom stereocenters. The first-order chi connectivity index (χ1) is 16.7. The summed E-state index contributed by atoms with van der Waals surface area (Å²) in [6.45, 7) is 5.18. The number of benzene rings is 2. The van der Waals surface area contributed by atoms with E-state index in [0.717, 1.165) is 6.54 Å². The molecule has 0 aromatic heterocycles. The summed E-state index contributed by atoms with van der Waals surface area (Å²) >= 11 is 0. The van der Waals surface area contributed by atoms with Gasteiger partial charge in [0.1, 0.15) is 0 Å². The zero-order valence-corrected chi connectivity index (χ0v) is 21.7. The van der Waals surface area contributed by atoms with Crippen LogP contribution in [-0.2, 0) is 26.4 Å². The highest BCUT2D eigenvalue weighted by atomic mass is 32.2. The Morgan fingerprint density at radius 1 is 1.03 bits per heavy atom. The van der Waals surface area contributed by atoms with Crippen LogP contribution in [0.25, 0.3) is 0 Å². The van der Waals surface area contributed by atoms with E-state index in [9.17, 15) is 21.6 Å². The molecule has 0 saturated carbocycles. The van der Waals surface area contributed by atoms with Gasteiger partial charge in [0, 0.05) is 50.9 Å². The van der Waals surface area contributed by atoms with Crippen LogP contribution in [0.1, 0.15) is 35.7 Å². The minimum absolute atomic E-state index is 0.0377. The van der Waals surface area contributed by atoms with Gasteiger partial charge in [0.25, 0.3) is 5.91 Å². The number of sulfone groups is 1. The molecule has 1 atom stereocenters. The topological polar surface area (TPSA) is 95.1 Å². The van der Waals surface area contributed by atoms with Gasteiger partial charge < -0.3 is 4.90 Å². The predicted molar refractivity (Wildman–Crippen MR) is 135 cm³/mol. The summed E-state index contributed by atoms with van der Waals surface area (Å²) in [4.78, 5) is 17.2. The zero-order valence-electron chi connectivity index (χ0n) is 20.0. The van der Waals surface area contributed by atoms with E-state index in [1.54, 1.807) is 17.0 Å². The van der Waals surface area contributed by atoms with Crippen molar-refractivity contribution in [2.24, 2.45) is 0 Å². The fourth-order valence-corrected chi connectivity index (χ4v) is 7.99. The van der Waals surface area contributed by atoms with E-state index in [1.165, 1.54) is 22.0 Å². The highest BCUT2D eigenvalue weighted by molar-refractivity contribution is 7.91. The second-order valence-corrected chi connectivity index (χ2v) is 13.4. The second kappa shape index (κ2) is 10.8. The van der Waals surface area contributed by atoms with Crippen molar-refractivity contribution in [2.45, 2.75) is 37.2 Å². The summed E-state index contributed by atoms with van der Waals surface area (Å²) in [5.41, 5.74) is 1.47. The Hall–Kier alpha value is -2.27. The Bertz CT molecular complexity index is 1240. The highest BCUT2D eigenvalue weighted by Crippen LogP contribution is 2.23. The third-order valence-corrected chi connectivity index (χ3v) is 10.3. The average molecular weight is 520 g/mol. The Kier molecular flexibility index (Phi) is 7.95. The quantitative estimate of drug-likeness (QED) is 0.531. The molecule has 2 saturated heterocycles. The minimum Gasteiger partial charge on any atom is -0.335 e. The highest BCUT2D eigenvalue weighted by Gasteiger charge is 2.35. The number of piperazine rings is 1. The molecule has 35 heavy (non-hydrogen) atoms. The van der Waals surface area contributed by atoms with Crippen molar-refractivity contribution in [1.29, 1.82) is 0 Å². The maximum atomic E-state index is 13.4. The van der Waals surface area contributed by atoms with Crippen LogP contribution >= 0.6 is 0 Å². The molecule has 0 spiro atoms. The number of carbonyl (C=O) groups is 1. The Morgan fingerprint density at radius 3 is 2.37 bits per heavy atom. The predicted octanol–water partition coefficient (Wildman–Crippen LogP) is 2.23. The molecule has 2 heterocycles. The first-order valence-electron chi connectivity index (χ1n) is 12.1. The van der Waals surface area contributed by atoms with Crippen molar-refractivity contribution in [3.05, 3.63) is 65.7 Å². The van der Waals surface area contributed by atoms with Crippen LogP contribution < -0.4 is 0 Å². The smallest absolute Gasteiger partial charge is 0.254 e. The number of rotatable bonds is 8. The number of nitrogens with zero attached hydrogens (tertiary/aromatic N) is 3. The lowest BCUT2D eigenvalue weighted by molar-refractivity contribution is 0.0697. The number of sulfonamides is 1. The lowest BCUT2D eigenvalue weighted by Gasteiger charge is -2.34. The van der Waals surface area contributed by atoms with Crippen LogP contribution in [0.2, 0.25) is 0 Å². The molecular formula is C25H33N3O5S2. The van der Waals surface area contributed by atoms with Crippen LogP contribution in [0.3, 0.4) is 0 Å². The Balaban J connectivity index is 1.46. The number of amides is 1. The molecule has 0 aliphatic carbocycles. The van der Waals surface area contributed by atoms with Gasteiger partial charge in [0.2, 0.25) is 10.0 Å². The Labute approximate surface area is 208 Å². The van der Waals surface area contributed by atoms with E-state index in [2.05, 4.69) is 17.0 Å². The molecule has 10 heteroatoms. The summed E-state index contributed by atoms with van der Waals surface area (Å²) in [7, 11) is -6.90. The first kappa shape index (κ1) is 25.8. The van der Waals surface area contributed by atoms with E-state index >= 15 is 0 Å². The van der Waals surface area contributed by atoms with Crippen molar-refractivity contribution in [3.8, 4) is 0 Å². The van der Waals surface area contributed by atoms with Gasteiger partial charge >= 0.3 is 0 Å². The minimum atomic E-state index is -3.75. The molecule has 0 radical (unpaired) electrons. The fourth-order valence-electron chi connectivity index (χ4n) is 4.79. The summed E-state index contributed by atoms with van der Waals surface area (Å²) in [5.74, 6) is -0.279. The summed E-state index contributed by atoms with van der Waals surface area (Å²) in [5, 5.41) is 0. The van der Waals surface area contributed by atoms with E-state index in [1.807, 2.05) is 25.1 Å². The van der Waals surface area contributed by atoms with Crippen LogP contribution in [0, 0.1) is 0 Å².